The van der Waals surface area contributed by atoms with Gasteiger partial charge in [-0.2, -0.15) is 5.26 Å². The molecular weight excluding hydrogens is 235 g/mol. The van der Waals surface area contributed by atoms with E-state index in [2.05, 4.69) is 9.72 Å². The topological polar surface area (TPSA) is 71.9 Å². The highest BCUT2D eigenvalue weighted by Gasteiger charge is 2.33. The lowest BCUT2D eigenvalue weighted by Gasteiger charge is -2.16. The van der Waals surface area contributed by atoms with E-state index in [1.807, 2.05) is 6.07 Å². The Morgan fingerprint density at radius 2 is 2.18 bits per heavy atom. The molecule has 0 atom stereocenters. The zero-order valence-corrected chi connectivity index (χ0v) is 9.01. The number of pyridine rings is 1. The van der Waals surface area contributed by atoms with Crippen molar-refractivity contribution in [3.8, 4) is 11.8 Å². The van der Waals surface area contributed by atoms with Crippen LogP contribution in [-0.2, 0) is 13.0 Å². The zero-order valence-electron chi connectivity index (χ0n) is 9.01. The highest BCUT2D eigenvalue weighted by atomic mass is 19.4. The summed E-state index contributed by atoms with van der Waals surface area (Å²) in [4.78, 5) is 3.88. The Kier molecular flexibility index (Phi) is 3.91. The lowest BCUT2D eigenvalue weighted by Crippen LogP contribution is -2.20. The van der Waals surface area contributed by atoms with Gasteiger partial charge in [0.15, 0.2) is 0 Å². The molecule has 4 nitrogen and oxygen atoms in total. The van der Waals surface area contributed by atoms with Gasteiger partial charge in [-0.1, -0.05) is 0 Å². The van der Waals surface area contributed by atoms with Crippen LogP contribution in [0.5, 0.6) is 5.75 Å². The van der Waals surface area contributed by atoms with Crippen molar-refractivity contribution in [1.29, 1.82) is 5.26 Å². The third-order valence-corrected chi connectivity index (χ3v) is 2.06. The zero-order chi connectivity index (χ0) is 13.1. The molecule has 92 valence electrons. The van der Waals surface area contributed by atoms with Crippen molar-refractivity contribution in [1.82, 2.24) is 4.98 Å². The molecule has 0 aliphatic carbocycles. The second-order valence-corrected chi connectivity index (χ2v) is 3.28. The second kappa shape index (κ2) is 5.01. The first kappa shape index (κ1) is 13.3. The molecular formula is C10H10F3N3O. The maximum absolute atomic E-state index is 12.2. The summed E-state index contributed by atoms with van der Waals surface area (Å²) in [6.07, 6.45) is -3.67. The fourth-order valence-electron chi connectivity index (χ4n) is 1.38. The fraction of sp³-hybridized carbons (Fsp3) is 0.400. The minimum absolute atomic E-state index is 0.110. The first-order valence-corrected chi connectivity index (χ1v) is 4.69. The number of nitriles is 1. The van der Waals surface area contributed by atoms with Crippen LogP contribution < -0.4 is 10.5 Å². The van der Waals surface area contributed by atoms with Crippen molar-refractivity contribution in [2.75, 3.05) is 0 Å². The Bertz CT molecular complexity index is 451. The SMILES string of the molecule is Cc1cnc(CC#N)c(CN)c1OC(F)(F)F. The van der Waals surface area contributed by atoms with Crippen LogP contribution in [0.15, 0.2) is 6.20 Å². The molecule has 0 unspecified atom stereocenters. The van der Waals surface area contributed by atoms with Gasteiger partial charge in [-0.05, 0) is 6.92 Å². The Morgan fingerprint density at radius 1 is 1.53 bits per heavy atom. The Morgan fingerprint density at radius 3 is 2.65 bits per heavy atom. The van der Waals surface area contributed by atoms with Crippen LogP contribution in [0.1, 0.15) is 16.8 Å². The number of aryl methyl sites for hydroxylation is 1. The first-order chi connectivity index (χ1) is 7.89. The van der Waals surface area contributed by atoms with Crippen molar-refractivity contribution in [3.63, 3.8) is 0 Å². The van der Waals surface area contributed by atoms with E-state index in [4.69, 9.17) is 11.0 Å². The van der Waals surface area contributed by atoms with Crippen molar-refractivity contribution >= 4 is 0 Å². The minimum Gasteiger partial charge on any atom is -0.405 e. The van der Waals surface area contributed by atoms with Crippen LogP contribution in [0.4, 0.5) is 13.2 Å². The van der Waals surface area contributed by atoms with E-state index in [0.717, 1.165) is 0 Å². The van der Waals surface area contributed by atoms with Crippen LogP contribution in [0.2, 0.25) is 0 Å². The van der Waals surface area contributed by atoms with Crippen molar-refractivity contribution in [2.45, 2.75) is 26.3 Å². The van der Waals surface area contributed by atoms with Crippen LogP contribution in [0.3, 0.4) is 0 Å². The molecule has 0 fully saturated rings. The quantitative estimate of drug-likeness (QED) is 0.881. The molecule has 0 amide bonds. The number of rotatable bonds is 3. The normalized spacial score (nSPS) is 11.1. The van der Waals surface area contributed by atoms with Crippen molar-refractivity contribution < 1.29 is 17.9 Å². The number of nitrogens with zero attached hydrogens (tertiary/aromatic N) is 2. The average Bonchev–Trinajstić information content (AvgIpc) is 2.22. The predicted molar refractivity (Wildman–Crippen MR) is 52.9 cm³/mol. The van der Waals surface area contributed by atoms with Gasteiger partial charge in [-0.3, -0.25) is 4.98 Å². The van der Waals surface area contributed by atoms with Gasteiger partial charge < -0.3 is 10.5 Å². The third kappa shape index (κ3) is 3.32. The maximum atomic E-state index is 12.2. The van der Waals surface area contributed by atoms with E-state index in [0.29, 0.717) is 0 Å². The summed E-state index contributed by atoms with van der Waals surface area (Å²) in [5.74, 6) is -0.361. The molecule has 17 heavy (non-hydrogen) atoms. The monoisotopic (exact) mass is 245 g/mol. The van der Waals surface area contributed by atoms with E-state index >= 15 is 0 Å². The number of alkyl halides is 3. The Hall–Kier alpha value is -1.81. The summed E-state index contributed by atoms with van der Waals surface area (Å²) >= 11 is 0. The summed E-state index contributed by atoms with van der Waals surface area (Å²) in [6.45, 7) is 1.26. The highest BCUT2D eigenvalue weighted by molar-refractivity contribution is 5.43. The van der Waals surface area contributed by atoms with E-state index in [1.165, 1.54) is 13.1 Å². The molecule has 1 heterocycles. The molecule has 0 aromatic carbocycles. The Balaban J connectivity index is 3.26. The lowest BCUT2D eigenvalue weighted by atomic mass is 10.1. The average molecular weight is 245 g/mol. The van der Waals surface area contributed by atoms with Crippen LogP contribution in [0, 0.1) is 18.3 Å². The summed E-state index contributed by atoms with van der Waals surface area (Å²) in [5, 5.41) is 8.54. The first-order valence-electron chi connectivity index (χ1n) is 4.69. The van der Waals surface area contributed by atoms with Crippen LogP contribution in [-0.4, -0.2) is 11.3 Å². The number of hydrogen-bond acceptors (Lipinski definition) is 4. The van der Waals surface area contributed by atoms with Crippen molar-refractivity contribution in [2.24, 2.45) is 5.73 Å². The molecule has 0 bridgehead atoms. The van der Waals surface area contributed by atoms with Gasteiger partial charge in [0.2, 0.25) is 0 Å². The summed E-state index contributed by atoms with van der Waals surface area (Å²) in [6, 6.07) is 1.81. The van der Waals surface area contributed by atoms with Gasteiger partial charge in [0.1, 0.15) is 5.75 Å². The fourth-order valence-corrected chi connectivity index (χ4v) is 1.38. The van der Waals surface area contributed by atoms with E-state index in [1.54, 1.807) is 0 Å². The van der Waals surface area contributed by atoms with Gasteiger partial charge in [-0.25, -0.2) is 0 Å². The molecule has 1 aromatic rings. The van der Waals surface area contributed by atoms with Crippen LogP contribution >= 0.6 is 0 Å². The van der Waals surface area contributed by atoms with E-state index in [-0.39, 0.29) is 35.5 Å². The molecule has 2 N–H and O–H groups in total. The maximum Gasteiger partial charge on any atom is 0.573 e. The lowest BCUT2D eigenvalue weighted by molar-refractivity contribution is -0.275. The van der Waals surface area contributed by atoms with Gasteiger partial charge >= 0.3 is 6.36 Å². The van der Waals surface area contributed by atoms with Gasteiger partial charge in [0.25, 0.3) is 0 Å². The molecule has 1 rings (SSSR count). The standard InChI is InChI=1S/C10H10F3N3O/c1-6-5-16-8(2-3-14)7(4-15)9(6)17-10(11,12)13/h5H,2,4,15H2,1H3. The minimum atomic E-state index is -4.79. The molecule has 7 heteroatoms. The molecule has 0 saturated carbocycles. The smallest absolute Gasteiger partial charge is 0.405 e. The molecule has 1 aromatic heterocycles. The summed E-state index contributed by atoms with van der Waals surface area (Å²) in [7, 11) is 0. The molecule has 0 aliphatic heterocycles. The number of nitrogens with two attached hydrogens (primary N) is 1. The summed E-state index contributed by atoms with van der Waals surface area (Å²) in [5.41, 5.74) is 5.92. The number of halogens is 3. The van der Waals surface area contributed by atoms with Crippen molar-refractivity contribution in [3.05, 3.63) is 23.0 Å². The molecule has 0 radical (unpaired) electrons. The van der Waals surface area contributed by atoms with E-state index in [9.17, 15) is 13.2 Å². The largest absolute Gasteiger partial charge is 0.573 e. The van der Waals surface area contributed by atoms with Gasteiger partial charge in [0, 0.05) is 23.9 Å². The van der Waals surface area contributed by atoms with Gasteiger partial charge in [0.05, 0.1) is 18.2 Å². The summed E-state index contributed by atoms with van der Waals surface area (Å²) < 4.78 is 40.5. The highest BCUT2D eigenvalue weighted by Crippen LogP contribution is 2.30. The molecule has 0 spiro atoms. The number of ether oxygens (including phenoxy) is 1. The molecule has 0 aliphatic rings. The van der Waals surface area contributed by atoms with E-state index < -0.39 is 6.36 Å². The predicted octanol–water partition coefficient (Wildman–Crippen LogP) is 1.81. The van der Waals surface area contributed by atoms with Gasteiger partial charge in [-0.15, -0.1) is 13.2 Å². The van der Waals surface area contributed by atoms with Crippen LogP contribution in [0.25, 0.3) is 0 Å². The molecule has 0 saturated heterocycles. The number of aromatic nitrogens is 1. The number of hydrogen-bond donors (Lipinski definition) is 1. The third-order valence-electron chi connectivity index (χ3n) is 2.06. The Labute approximate surface area is 95.8 Å². The second-order valence-electron chi connectivity index (χ2n) is 3.28.